The number of nitrogens with two attached hydrogens (primary N) is 1. The molecule has 1 aliphatic heterocycles. The number of carbonyl (C=O) groups is 3. The van der Waals surface area contributed by atoms with Gasteiger partial charge in [0.05, 0.1) is 0 Å². The summed E-state index contributed by atoms with van der Waals surface area (Å²) in [5.41, 5.74) is 4.39. The van der Waals surface area contributed by atoms with Gasteiger partial charge in [0, 0.05) is 26.2 Å². The predicted octanol–water partition coefficient (Wildman–Crippen LogP) is 0.125. The van der Waals surface area contributed by atoms with Gasteiger partial charge in [-0.25, -0.2) is 13.2 Å². The average Bonchev–Trinajstić information content (AvgIpc) is 3.10. The fraction of sp³-hybridized carbons (Fsp3) is 0.588. The van der Waals surface area contributed by atoms with E-state index in [1.165, 1.54) is 24.0 Å². The largest absolute Gasteiger partial charge is 0.444 e. The highest BCUT2D eigenvalue weighted by Crippen LogP contribution is 2.20. The van der Waals surface area contributed by atoms with Crippen molar-refractivity contribution in [1.82, 2.24) is 14.5 Å². The lowest BCUT2D eigenvalue weighted by molar-refractivity contribution is -0.134. The number of hydrogen-bond acceptors (Lipinski definition) is 7. The number of hydrogen-bond donors (Lipinski definition) is 2. The van der Waals surface area contributed by atoms with Crippen molar-refractivity contribution in [3.63, 3.8) is 0 Å². The average molecular weight is 430 g/mol. The van der Waals surface area contributed by atoms with Crippen molar-refractivity contribution in [2.75, 3.05) is 26.2 Å². The second kappa shape index (κ2) is 8.41. The molecule has 0 spiro atoms. The first-order valence-corrected chi connectivity index (χ1v) is 10.4. The van der Waals surface area contributed by atoms with E-state index >= 15 is 0 Å². The first-order valence-electron chi connectivity index (χ1n) is 8.99. The predicted molar refractivity (Wildman–Crippen MR) is 101 cm³/mol. The Balaban J connectivity index is 1.94. The lowest BCUT2D eigenvalue weighted by Crippen LogP contribution is -2.55. The molecule has 0 bridgehead atoms. The summed E-state index contributed by atoms with van der Waals surface area (Å²) in [6.07, 6.45) is -0.706. The molecule has 1 aromatic heterocycles. The molecule has 162 valence electrons. The number of piperazine rings is 1. The second-order valence-corrected chi connectivity index (χ2v) is 9.45. The smallest absolute Gasteiger partial charge is 0.408 e. The molecule has 0 radical (unpaired) electrons. The SMILES string of the molecule is C[C@@H](NC(=O)OC(C)(C)C)C(=O)N1CCN(S(=O)(=O)c2ccc(C(N)=O)o2)CC1. The zero-order valence-electron chi connectivity index (χ0n) is 16.8. The molecule has 2 rings (SSSR count). The minimum Gasteiger partial charge on any atom is -0.444 e. The lowest BCUT2D eigenvalue weighted by Gasteiger charge is -2.35. The van der Waals surface area contributed by atoms with Crippen LogP contribution in [0.1, 0.15) is 38.2 Å². The zero-order valence-corrected chi connectivity index (χ0v) is 17.6. The highest BCUT2D eigenvalue weighted by atomic mass is 32.2. The van der Waals surface area contributed by atoms with Crippen LogP contribution in [0.3, 0.4) is 0 Å². The molecular weight excluding hydrogens is 404 g/mol. The molecule has 1 atom stereocenters. The number of nitrogens with zero attached hydrogens (tertiary/aromatic N) is 2. The number of rotatable bonds is 5. The molecule has 3 amide bonds. The van der Waals surface area contributed by atoms with Crippen molar-refractivity contribution in [3.8, 4) is 0 Å². The van der Waals surface area contributed by atoms with E-state index in [0.717, 1.165) is 4.31 Å². The number of amides is 3. The maximum atomic E-state index is 12.6. The minimum atomic E-state index is -3.95. The Kier molecular flexibility index (Phi) is 6.58. The molecular formula is C17H26N4O7S. The van der Waals surface area contributed by atoms with Crippen LogP contribution in [0.15, 0.2) is 21.6 Å². The van der Waals surface area contributed by atoms with Crippen LogP contribution in [-0.2, 0) is 19.6 Å². The number of primary amides is 1. The van der Waals surface area contributed by atoms with E-state index in [4.69, 9.17) is 14.9 Å². The normalized spacial score (nSPS) is 16.9. The monoisotopic (exact) mass is 430 g/mol. The molecule has 12 heteroatoms. The molecule has 1 saturated heterocycles. The highest BCUT2D eigenvalue weighted by Gasteiger charge is 2.34. The molecule has 3 N–H and O–H groups in total. The summed E-state index contributed by atoms with van der Waals surface area (Å²) in [6.45, 7) is 7.03. The summed E-state index contributed by atoms with van der Waals surface area (Å²) in [7, 11) is -3.95. The van der Waals surface area contributed by atoms with E-state index in [9.17, 15) is 22.8 Å². The van der Waals surface area contributed by atoms with Crippen molar-refractivity contribution in [2.24, 2.45) is 5.73 Å². The third-order valence-electron chi connectivity index (χ3n) is 4.07. The van der Waals surface area contributed by atoms with Crippen LogP contribution in [0.25, 0.3) is 0 Å². The van der Waals surface area contributed by atoms with E-state index in [0.29, 0.717) is 0 Å². The van der Waals surface area contributed by atoms with E-state index in [1.807, 2.05) is 0 Å². The fourth-order valence-corrected chi connectivity index (χ4v) is 4.02. The van der Waals surface area contributed by atoms with Gasteiger partial charge in [-0.05, 0) is 39.8 Å². The molecule has 1 aromatic rings. The summed E-state index contributed by atoms with van der Waals surface area (Å²) >= 11 is 0. The Morgan fingerprint density at radius 1 is 1.17 bits per heavy atom. The Bertz CT molecular complexity index is 880. The van der Waals surface area contributed by atoms with Crippen LogP contribution in [0.5, 0.6) is 0 Å². The topological polar surface area (TPSA) is 152 Å². The first-order chi connectivity index (χ1) is 13.3. The molecule has 0 aromatic carbocycles. The molecule has 1 aliphatic rings. The van der Waals surface area contributed by atoms with Crippen LogP contribution in [0.4, 0.5) is 4.79 Å². The van der Waals surface area contributed by atoms with Crippen molar-refractivity contribution >= 4 is 27.9 Å². The van der Waals surface area contributed by atoms with Crippen LogP contribution in [-0.4, -0.2) is 73.4 Å². The zero-order chi connectivity index (χ0) is 22.0. The van der Waals surface area contributed by atoms with Crippen molar-refractivity contribution < 1.29 is 32.0 Å². The quantitative estimate of drug-likeness (QED) is 0.673. The number of alkyl carbamates (subject to hydrolysis) is 1. The third kappa shape index (κ3) is 5.70. The summed E-state index contributed by atoms with van der Waals surface area (Å²) in [4.78, 5) is 36.9. The van der Waals surface area contributed by atoms with Crippen LogP contribution in [0.2, 0.25) is 0 Å². The number of sulfonamides is 1. The van der Waals surface area contributed by atoms with E-state index in [2.05, 4.69) is 5.32 Å². The van der Waals surface area contributed by atoms with E-state index in [-0.39, 0.29) is 42.9 Å². The van der Waals surface area contributed by atoms with Gasteiger partial charge < -0.3 is 25.1 Å². The second-order valence-electron chi connectivity index (χ2n) is 7.58. The number of furan rings is 1. The molecule has 0 unspecified atom stereocenters. The van der Waals surface area contributed by atoms with Crippen LogP contribution >= 0.6 is 0 Å². The summed E-state index contributed by atoms with van der Waals surface area (Å²) in [6, 6.07) is 1.54. The molecule has 2 heterocycles. The maximum absolute atomic E-state index is 12.6. The van der Waals surface area contributed by atoms with Crippen LogP contribution in [0, 0.1) is 0 Å². The summed E-state index contributed by atoms with van der Waals surface area (Å²) in [5.74, 6) is -1.46. The summed E-state index contributed by atoms with van der Waals surface area (Å²) < 4.78 is 36.5. The van der Waals surface area contributed by atoms with Gasteiger partial charge in [-0.15, -0.1) is 0 Å². The standard InChI is InChI=1S/C17H26N4O7S/c1-11(19-16(24)28-17(2,3)4)15(23)20-7-9-21(10-8-20)29(25,26)13-6-5-12(27-13)14(18)22/h5-6,11H,7-10H2,1-4H3,(H2,18,22)(H,19,24)/t11-/m1/s1. The van der Waals surface area contributed by atoms with Gasteiger partial charge in [-0.1, -0.05) is 0 Å². The van der Waals surface area contributed by atoms with Crippen molar-refractivity contribution in [1.29, 1.82) is 0 Å². The number of carbonyl (C=O) groups excluding carboxylic acids is 3. The van der Waals surface area contributed by atoms with E-state index in [1.54, 1.807) is 20.8 Å². The molecule has 11 nitrogen and oxygen atoms in total. The highest BCUT2D eigenvalue weighted by molar-refractivity contribution is 7.89. The molecule has 1 fully saturated rings. The third-order valence-corrected chi connectivity index (χ3v) is 5.85. The van der Waals surface area contributed by atoms with Gasteiger partial charge >= 0.3 is 6.09 Å². The Morgan fingerprint density at radius 3 is 2.24 bits per heavy atom. The molecule has 0 aliphatic carbocycles. The summed E-state index contributed by atoms with van der Waals surface area (Å²) in [5, 5.41) is 2.09. The first kappa shape index (κ1) is 22.7. The lowest BCUT2D eigenvalue weighted by atomic mass is 10.2. The van der Waals surface area contributed by atoms with Crippen molar-refractivity contribution in [2.45, 2.75) is 44.4 Å². The minimum absolute atomic E-state index is 0.0415. The Hall–Kier alpha value is -2.60. The molecule has 29 heavy (non-hydrogen) atoms. The fourth-order valence-electron chi connectivity index (χ4n) is 2.69. The number of ether oxygens (including phenoxy) is 1. The van der Waals surface area contributed by atoms with Gasteiger partial charge in [-0.2, -0.15) is 4.31 Å². The van der Waals surface area contributed by atoms with Gasteiger partial charge in [-0.3, -0.25) is 9.59 Å². The Morgan fingerprint density at radius 2 is 1.76 bits per heavy atom. The van der Waals surface area contributed by atoms with E-state index < -0.39 is 33.7 Å². The maximum Gasteiger partial charge on any atom is 0.408 e. The van der Waals surface area contributed by atoms with Crippen LogP contribution < -0.4 is 11.1 Å². The van der Waals surface area contributed by atoms with Gasteiger partial charge in [0.15, 0.2) is 5.76 Å². The van der Waals surface area contributed by atoms with Gasteiger partial charge in [0.25, 0.3) is 15.9 Å². The van der Waals surface area contributed by atoms with Gasteiger partial charge in [0.2, 0.25) is 11.0 Å². The number of nitrogens with one attached hydrogen (secondary N) is 1. The Labute approximate surface area is 169 Å². The van der Waals surface area contributed by atoms with Crippen molar-refractivity contribution in [3.05, 3.63) is 17.9 Å². The van der Waals surface area contributed by atoms with Gasteiger partial charge in [0.1, 0.15) is 11.6 Å². The molecule has 0 saturated carbocycles.